The molecule has 0 bridgehead atoms. The van der Waals surface area contributed by atoms with Crippen LogP contribution >= 0.6 is 15.9 Å². The first kappa shape index (κ1) is 10.8. The van der Waals surface area contributed by atoms with Crippen molar-refractivity contribution in [3.63, 3.8) is 0 Å². The zero-order valence-corrected chi connectivity index (χ0v) is 9.96. The average molecular weight is 272 g/mol. The van der Waals surface area contributed by atoms with E-state index in [1.807, 2.05) is 6.07 Å². The predicted octanol–water partition coefficient (Wildman–Crippen LogP) is 2.29. The van der Waals surface area contributed by atoms with Crippen LogP contribution in [0.4, 0.5) is 0 Å². The minimum Gasteiger partial charge on any atom is -0.504 e. The number of phenols is 1. The lowest BCUT2D eigenvalue weighted by atomic mass is 10.1. The largest absolute Gasteiger partial charge is 0.504 e. The molecule has 0 atom stereocenters. The molecule has 1 aliphatic rings. The Hall–Kier alpha value is -0.740. The van der Waals surface area contributed by atoms with Gasteiger partial charge in [0.25, 0.3) is 0 Å². The summed E-state index contributed by atoms with van der Waals surface area (Å²) in [5, 5.41) is 12.9. The van der Waals surface area contributed by atoms with E-state index >= 15 is 0 Å². The van der Waals surface area contributed by atoms with Crippen LogP contribution in [0.3, 0.4) is 0 Å². The molecule has 0 radical (unpaired) electrons. The summed E-state index contributed by atoms with van der Waals surface area (Å²) in [6.45, 7) is 1.96. The molecule has 1 heterocycles. The van der Waals surface area contributed by atoms with E-state index in [0.717, 1.165) is 30.4 Å². The van der Waals surface area contributed by atoms with E-state index in [-0.39, 0.29) is 11.9 Å². The number of para-hydroxylation sites is 1. The second-order valence-electron chi connectivity index (χ2n) is 3.66. The van der Waals surface area contributed by atoms with Gasteiger partial charge in [0, 0.05) is 0 Å². The van der Waals surface area contributed by atoms with Crippen LogP contribution in [0.1, 0.15) is 12.8 Å². The molecule has 1 aromatic rings. The lowest BCUT2D eigenvalue weighted by Crippen LogP contribution is -2.34. The zero-order chi connectivity index (χ0) is 10.7. The Balaban J connectivity index is 2.09. The molecule has 1 aliphatic heterocycles. The second kappa shape index (κ2) is 4.86. The quantitative estimate of drug-likeness (QED) is 0.867. The maximum atomic E-state index is 9.65. The van der Waals surface area contributed by atoms with Gasteiger partial charge in [0.05, 0.1) is 4.47 Å². The van der Waals surface area contributed by atoms with E-state index in [0.29, 0.717) is 5.75 Å². The fourth-order valence-corrected chi connectivity index (χ4v) is 2.14. The summed E-state index contributed by atoms with van der Waals surface area (Å²) in [7, 11) is 0. The summed E-state index contributed by atoms with van der Waals surface area (Å²) in [5.41, 5.74) is 0. The second-order valence-corrected chi connectivity index (χ2v) is 4.51. The smallest absolute Gasteiger partial charge is 0.175 e. The highest BCUT2D eigenvalue weighted by Gasteiger charge is 2.17. The monoisotopic (exact) mass is 271 g/mol. The van der Waals surface area contributed by atoms with Crippen LogP contribution in [0.5, 0.6) is 11.5 Å². The Morgan fingerprint density at radius 3 is 2.73 bits per heavy atom. The number of piperidine rings is 1. The first-order valence-corrected chi connectivity index (χ1v) is 5.91. The topological polar surface area (TPSA) is 41.5 Å². The number of hydrogen-bond acceptors (Lipinski definition) is 3. The molecule has 4 heteroatoms. The van der Waals surface area contributed by atoms with Crippen molar-refractivity contribution < 1.29 is 9.84 Å². The van der Waals surface area contributed by atoms with Crippen molar-refractivity contribution >= 4 is 15.9 Å². The van der Waals surface area contributed by atoms with Gasteiger partial charge in [0.15, 0.2) is 11.5 Å². The van der Waals surface area contributed by atoms with E-state index in [2.05, 4.69) is 21.2 Å². The summed E-state index contributed by atoms with van der Waals surface area (Å²) in [6.07, 6.45) is 2.18. The van der Waals surface area contributed by atoms with Crippen molar-refractivity contribution in [3.05, 3.63) is 22.7 Å². The Morgan fingerprint density at radius 1 is 1.33 bits per heavy atom. The first-order chi connectivity index (χ1) is 7.27. The van der Waals surface area contributed by atoms with Crippen LogP contribution in [0.15, 0.2) is 22.7 Å². The van der Waals surface area contributed by atoms with Crippen LogP contribution in [0.2, 0.25) is 0 Å². The molecule has 0 amide bonds. The van der Waals surface area contributed by atoms with Gasteiger partial charge < -0.3 is 15.2 Å². The standard InChI is InChI=1S/C11H14BrNO2/c12-9-2-1-3-10(14)11(9)15-8-4-6-13-7-5-8/h1-3,8,13-14H,4-7H2. The van der Waals surface area contributed by atoms with Gasteiger partial charge in [-0.05, 0) is 54.0 Å². The van der Waals surface area contributed by atoms with Crippen molar-refractivity contribution in [1.29, 1.82) is 0 Å². The van der Waals surface area contributed by atoms with E-state index in [1.165, 1.54) is 0 Å². The lowest BCUT2D eigenvalue weighted by Gasteiger charge is -2.24. The van der Waals surface area contributed by atoms with Crippen molar-refractivity contribution in [1.82, 2.24) is 5.32 Å². The average Bonchev–Trinajstić information content (AvgIpc) is 2.25. The molecule has 15 heavy (non-hydrogen) atoms. The molecule has 0 aromatic heterocycles. The molecule has 0 unspecified atom stereocenters. The number of aromatic hydroxyl groups is 1. The van der Waals surface area contributed by atoms with Crippen LogP contribution in [-0.4, -0.2) is 24.3 Å². The fourth-order valence-electron chi connectivity index (χ4n) is 1.69. The van der Waals surface area contributed by atoms with E-state index in [4.69, 9.17) is 4.74 Å². The maximum absolute atomic E-state index is 9.65. The highest BCUT2D eigenvalue weighted by Crippen LogP contribution is 2.35. The summed E-state index contributed by atoms with van der Waals surface area (Å²) >= 11 is 3.37. The molecule has 0 spiro atoms. The molecule has 2 rings (SSSR count). The number of halogens is 1. The zero-order valence-electron chi connectivity index (χ0n) is 8.37. The number of hydrogen-bond donors (Lipinski definition) is 2. The van der Waals surface area contributed by atoms with Gasteiger partial charge >= 0.3 is 0 Å². The lowest BCUT2D eigenvalue weighted by molar-refractivity contribution is 0.156. The van der Waals surface area contributed by atoms with E-state index in [9.17, 15) is 5.11 Å². The minimum absolute atomic E-state index is 0.197. The van der Waals surface area contributed by atoms with Gasteiger partial charge in [0.2, 0.25) is 0 Å². The number of benzene rings is 1. The molecule has 82 valence electrons. The van der Waals surface area contributed by atoms with Crippen LogP contribution < -0.4 is 10.1 Å². The summed E-state index contributed by atoms with van der Waals surface area (Å²) < 4.78 is 6.59. The van der Waals surface area contributed by atoms with Gasteiger partial charge in [-0.3, -0.25) is 0 Å². The Morgan fingerprint density at radius 2 is 2.07 bits per heavy atom. The maximum Gasteiger partial charge on any atom is 0.175 e. The van der Waals surface area contributed by atoms with Crippen LogP contribution in [-0.2, 0) is 0 Å². The SMILES string of the molecule is Oc1cccc(Br)c1OC1CCNCC1. The Kier molecular flexibility index (Phi) is 3.49. The van der Waals surface area contributed by atoms with E-state index in [1.54, 1.807) is 12.1 Å². The van der Waals surface area contributed by atoms with Gasteiger partial charge in [-0.25, -0.2) is 0 Å². The molecule has 1 aromatic carbocycles. The van der Waals surface area contributed by atoms with Gasteiger partial charge in [-0.1, -0.05) is 6.07 Å². The van der Waals surface area contributed by atoms with Crippen molar-refractivity contribution in [2.24, 2.45) is 0 Å². The molecular weight excluding hydrogens is 258 g/mol. The van der Waals surface area contributed by atoms with Gasteiger partial charge in [-0.2, -0.15) is 0 Å². The van der Waals surface area contributed by atoms with Crippen molar-refractivity contribution in [2.45, 2.75) is 18.9 Å². The first-order valence-electron chi connectivity index (χ1n) is 5.12. The van der Waals surface area contributed by atoms with Crippen molar-refractivity contribution in [3.8, 4) is 11.5 Å². The molecule has 1 saturated heterocycles. The molecule has 3 nitrogen and oxygen atoms in total. The third-order valence-electron chi connectivity index (χ3n) is 2.52. The summed E-state index contributed by atoms with van der Waals surface area (Å²) in [6, 6.07) is 5.30. The number of nitrogens with one attached hydrogen (secondary N) is 1. The fraction of sp³-hybridized carbons (Fsp3) is 0.455. The normalized spacial score (nSPS) is 17.7. The van der Waals surface area contributed by atoms with Crippen molar-refractivity contribution in [2.75, 3.05) is 13.1 Å². The highest BCUT2D eigenvalue weighted by molar-refractivity contribution is 9.10. The minimum atomic E-state index is 0.197. The highest BCUT2D eigenvalue weighted by atomic mass is 79.9. The van der Waals surface area contributed by atoms with Crippen LogP contribution in [0, 0.1) is 0 Å². The van der Waals surface area contributed by atoms with E-state index < -0.39 is 0 Å². The number of rotatable bonds is 2. The van der Waals surface area contributed by atoms with Gasteiger partial charge in [-0.15, -0.1) is 0 Å². The van der Waals surface area contributed by atoms with Crippen LogP contribution in [0.25, 0.3) is 0 Å². The Labute approximate surface area is 97.6 Å². The Bertz CT molecular complexity index is 317. The molecule has 0 saturated carbocycles. The summed E-state index contributed by atoms with van der Waals surface area (Å²) in [4.78, 5) is 0. The molecule has 0 aliphatic carbocycles. The molecule has 1 fully saturated rings. The molecular formula is C11H14BrNO2. The third kappa shape index (κ3) is 2.63. The summed E-state index contributed by atoms with van der Waals surface area (Å²) in [5.74, 6) is 0.757. The third-order valence-corrected chi connectivity index (χ3v) is 3.14. The number of phenolic OH excluding ortho intramolecular Hbond substituents is 1. The van der Waals surface area contributed by atoms with Gasteiger partial charge in [0.1, 0.15) is 6.10 Å². The predicted molar refractivity (Wildman–Crippen MR) is 62.3 cm³/mol. The molecule has 2 N–H and O–H groups in total. The number of ether oxygens (including phenoxy) is 1.